The maximum atomic E-state index is 11.4. The highest BCUT2D eigenvalue weighted by Gasteiger charge is 2.42. The van der Waals surface area contributed by atoms with Crippen molar-refractivity contribution in [2.24, 2.45) is 5.92 Å². The maximum Gasteiger partial charge on any atom is 0.415 e. The third-order valence-corrected chi connectivity index (χ3v) is 2.74. The van der Waals surface area contributed by atoms with Gasteiger partial charge in [-0.3, -0.25) is 4.79 Å². The van der Waals surface area contributed by atoms with Crippen LogP contribution in [0, 0.1) is 5.92 Å². The van der Waals surface area contributed by atoms with Gasteiger partial charge >= 0.3 is 18.0 Å². The number of amides is 1. The number of cyclic esters (lactones) is 2. The highest BCUT2D eigenvalue weighted by molar-refractivity contribution is 7.89. The van der Waals surface area contributed by atoms with Gasteiger partial charge in [0.2, 0.25) is 0 Å². The number of hydrogen-bond donors (Lipinski definition) is 2. The first kappa shape index (κ1) is 18.0. The average Bonchev–Trinajstić information content (AvgIpc) is 2.75. The van der Waals surface area contributed by atoms with Crippen LogP contribution in [0.2, 0.25) is 0 Å². The van der Waals surface area contributed by atoms with E-state index in [1.54, 1.807) is 36.8 Å². The van der Waals surface area contributed by atoms with Gasteiger partial charge in [-0.05, 0) is 12.0 Å². The molecule has 1 aliphatic rings. The van der Waals surface area contributed by atoms with E-state index < -0.39 is 41.2 Å². The van der Waals surface area contributed by atoms with Crippen LogP contribution in [-0.2, 0) is 31.9 Å². The van der Waals surface area contributed by atoms with Crippen molar-refractivity contribution in [1.29, 1.82) is 0 Å². The number of hydrogen-bond acceptors (Lipinski definition) is 5. The fraction of sp³-hybridized carbons (Fsp3) is 0.357. The molecule has 120 valence electrons. The van der Waals surface area contributed by atoms with Gasteiger partial charge < -0.3 is 19.7 Å². The molecule has 1 aromatic rings. The van der Waals surface area contributed by atoms with Crippen molar-refractivity contribution in [1.82, 2.24) is 5.32 Å². The van der Waals surface area contributed by atoms with E-state index in [9.17, 15) is 18.9 Å². The molecule has 7 nitrogen and oxygen atoms in total. The molecule has 2 N–H and O–H groups in total. The van der Waals surface area contributed by atoms with Crippen LogP contribution in [0.1, 0.15) is 5.56 Å². The lowest BCUT2D eigenvalue weighted by Gasteiger charge is -2.15. The fourth-order valence-corrected chi connectivity index (χ4v) is 1.85. The molecular formula is C14H17NO6S. The zero-order valence-corrected chi connectivity index (χ0v) is 13.0. The third-order valence-electron chi connectivity index (χ3n) is 2.74. The van der Waals surface area contributed by atoms with Gasteiger partial charge in [0.05, 0.1) is 18.4 Å². The summed E-state index contributed by atoms with van der Waals surface area (Å²) in [6, 6.07) is 7.76. The second-order valence-electron chi connectivity index (χ2n) is 4.71. The summed E-state index contributed by atoms with van der Waals surface area (Å²) in [6.07, 6.45) is 2.53. The van der Waals surface area contributed by atoms with Crippen LogP contribution in [0.5, 0.6) is 0 Å². The molecule has 1 aromatic carbocycles. The molecule has 1 fully saturated rings. The van der Waals surface area contributed by atoms with Gasteiger partial charge in [0, 0.05) is 0 Å². The van der Waals surface area contributed by atoms with E-state index in [-0.39, 0.29) is 6.42 Å². The normalized spacial score (nSPS) is 18.1. The van der Waals surface area contributed by atoms with Gasteiger partial charge in [-0.15, -0.1) is 0 Å². The SMILES string of the molecule is C[S+](C)[O-].O=C1N[C@@H](C(Cc2ccccc2)C(=O)O)C(=O)O1. The minimum absolute atomic E-state index is 0.149. The van der Waals surface area contributed by atoms with Crippen molar-refractivity contribution in [2.75, 3.05) is 12.5 Å². The molecule has 0 bridgehead atoms. The molecule has 1 amide bonds. The highest BCUT2D eigenvalue weighted by atomic mass is 32.2. The Labute approximate surface area is 130 Å². The van der Waals surface area contributed by atoms with E-state index in [4.69, 9.17) is 5.11 Å². The van der Waals surface area contributed by atoms with E-state index in [1.807, 2.05) is 6.07 Å². The lowest BCUT2D eigenvalue weighted by atomic mass is 9.92. The second kappa shape index (κ2) is 8.40. The molecule has 2 rings (SSSR count). The van der Waals surface area contributed by atoms with Gasteiger partial charge in [0.1, 0.15) is 6.04 Å². The smallest absolute Gasteiger partial charge is 0.415 e. The number of rotatable bonds is 4. The Morgan fingerprint density at radius 1 is 1.36 bits per heavy atom. The molecule has 1 aliphatic heterocycles. The molecule has 0 saturated carbocycles. The standard InChI is InChI=1S/C12H11NO5.C2H6OS/c14-10(15)8(6-7-4-2-1-3-5-7)9-11(16)18-12(17)13-9;1-4(2)3/h1-5,8-9H,6H2,(H,13,17)(H,14,15);1-2H3/t8?,9-;/m0./s1. The molecule has 0 aliphatic carbocycles. The summed E-state index contributed by atoms with van der Waals surface area (Å²) in [5.41, 5.74) is 0.777. The number of carboxylic acid groups (broad SMARTS) is 1. The third kappa shape index (κ3) is 5.74. The number of ether oxygens (including phenoxy) is 1. The van der Waals surface area contributed by atoms with Crippen molar-refractivity contribution in [3.05, 3.63) is 35.9 Å². The lowest BCUT2D eigenvalue weighted by Crippen LogP contribution is -2.41. The largest absolute Gasteiger partial charge is 0.617 e. The van der Waals surface area contributed by atoms with Gasteiger partial charge in [-0.25, -0.2) is 9.59 Å². The van der Waals surface area contributed by atoms with Crippen LogP contribution in [-0.4, -0.2) is 46.2 Å². The van der Waals surface area contributed by atoms with Crippen molar-refractivity contribution in [2.45, 2.75) is 12.5 Å². The molecular weight excluding hydrogens is 310 g/mol. The Morgan fingerprint density at radius 3 is 2.32 bits per heavy atom. The number of nitrogens with one attached hydrogen (secondary N) is 1. The number of alkyl carbamates (subject to hydrolysis) is 1. The van der Waals surface area contributed by atoms with Gasteiger partial charge in [0.25, 0.3) is 0 Å². The summed E-state index contributed by atoms with van der Waals surface area (Å²) < 4.78 is 13.8. The van der Waals surface area contributed by atoms with Gasteiger partial charge in [-0.1, -0.05) is 41.5 Å². The van der Waals surface area contributed by atoms with Gasteiger partial charge in [-0.2, -0.15) is 0 Å². The Balaban J connectivity index is 0.000000541. The highest BCUT2D eigenvalue weighted by Crippen LogP contribution is 2.17. The van der Waals surface area contributed by atoms with Crippen molar-refractivity contribution >= 4 is 29.2 Å². The summed E-state index contributed by atoms with van der Waals surface area (Å²) in [7, 11) is 0. The summed E-state index contributed by atoms with van der Waals surface area (Å²) in [6.45, 7) is 0. The Kier molecular flexibility index (Phi) is 6.87. The monoisotopic (exact) mass is 327 g/mol. The number of carbonyl (C=O) groups is 3. The topological polar surface area (TPSA) is 116 Å². The number of aliphatic carboxylic acids is 1. The second-order valence-corrected chi connectivity index (χ2v) is 6.19. The Morgan fingerprint density at radius 2 is 1.91 bits per heavy atom. The summed E-state index contributed by atoms with van der Waals surface area (Å²) in [4.78, 5) is 33.4. The number of esters is 1. The van der Waals surface area contributed by atoms with Crippen LogP contribution in [0.3, 0.4) is 0 Å². The maximum absolute atomic E-state index is 11.4. The molecule has 0 radical (unpaired) electrons. The molecule has 0 spiro atoms. The Bertz CT molecular complexity index is 531. The lowest BCUT2D eigenvalue weighted by molar-refractivity contribution is -0.147. The van der Waals surface area contributed by atoms with Crippen molar-refractivity contribution < 1.29 is 28.8 Å². The van der Waals surface area contributed by atoms with E-state index in [2.05, 4.69) is 10.1 Å². The van der Waals surface area contributed by atoms with E-state index in [0.29, 0.717) is 0 Å². The van der Waals surface area contributed by atoms with Crippen LogP contribution < -0.4 is 5.32 Å². The summed E-state index contributed by atoms with van der Waals surface area (Å²) in [5.74, 6) is -3.03. The summed E-state index contributed by atoms with van der Waals surface area (Å²) >= 11 is -0.611. The first-order chi connectivity index (χ1) is 10.3. The first-order valence-electron chi connectivity index (χ1n) is 6.35. The molecule has 2 atom stereocenters. The minimum atomic E-state index is -1.15. The van der Waals surface area contributed by atoms with Crippen molar-refractivity contribution in [3.8, 4) is 0 Å². The number of carboxylic acids is 1. The van der Waals surface area contributed by atoms with E-state index >= 15 is 0 Å². The van der Waals surface area contributed by atoms with Crippen LogP contribution in [0.15, 0.2) is 30.3 Å². The van der Waals surface area contributed by atoms with Crippen LogP contribution in [0.25, 0.3) is 0 Å². The fourth-order valence-electron chi connectivity index (χ4n) is 1.85. The Hall–Kier alpha value is -2.06. The van der Waals surface area contributed by atoms with Crippen molar-refractivity contribution in [3.63, 3.8) is 0 Å². The zero-order chi connectivity index (χ0) is 16.7. The molecule has 1 saturated heterocycles. The summed E-state index contributed by atoms with van der Waals surface area (Å²) in [5, 5.41) is 11.4. The molecule has 8 heteroatoms. The zero-order valence-electron chi connectivity index (χ0n) is 12.1. The van der Waals surface area contributed by atoms with E-state index in [0.717, 1.165) is 5.56 Å². The predicted molar refractivity (Wildman–Crippen MR) is 79.7 cm³/mol. The first-order valence-corrected chi connectivity index (χ1v) is 8.32. The average molecular weight is 327 g/mol. The number of carbonyl (C=O) groups excluding carboxylic acids is 2. The van der Waals surface area contributed by atoms with Crippen LogP contribution in [0.4, 0.5) is 4.79 Å². The quantitative estimate of drug-likeness (QED) is 0.474. The molecule has 22 heavy (non-hydrogen) atoms. The number of benzene rings is 1. The molecule has 0 aromatic heterocycles. The molecule has 1 unspecified atom stereocenters. The molecule has 1 heterocycles. The van der Waals surface area contributed by atoms with E-state index in [1.165, 1.54) is 0 Å². The predicted octanol–water partition coefficient (Wildman–Crippen LogP) is 0.560. The minimum Gasteiger partial charge on any atom is -0.617 e. The van der Waals surface area contributed by atoms with Gasteiger partial charge in [0.15, 0.2) is 0 Å². The van der Waals surface area contributed by atoms with Crippen LogP contribution >= 0.6 is 0 Å².